The summed E-state index contributed by atoms with van der Waals surface area (Å²) in [6, 6.07) is 0. The average molecular weight is 194 g/mol. The molecule has 0 aromatic carbocycles. The summed E-state index contributed by atoms with van der Waals surface area (Å²) in [5, 5.41) is 8.80. The van der Waals surface area contributed by atoms with Crippen LogP contribution in [-0.4, -0.2) is 29.8 Å². The Morgan fingerprint density at radius 3 is 2.42 bits per heavy atom. The van der Waals surface area contributed by atoms with Crippen LogP contribution in [-0.2, 0) is 9.53 Å². The van der Waals surface area contributed by atoms with Gasteiger partial charge in [0.25, 0.3) is 0 Å². The van der Waals surface area contributed by atoms with Crippen molar-refractivity contribution < 1.29 is 14.6 Å². The number of ether oxygens (including phenoxy) is 1. The van der Waals surface area contributed by atoms with E-state index in [1.165, 1.54) is 0 Å². The van der Waals surface area contributed by atoms with E-state index in [0.29, 0.717) is 26.0 Å². The number of rotatable bonds is 2. The van der Waals surface area contributed by atoms with Crippen LogP contribution in [0.5, 0.6) is 0 Å². The number of nitrogens with two attached hydrogens (primary N) is 1. The smallest absolute Gasteiger partial charge is 0.312 e. The minimum absolute atomic E-state index is 0. The maximum atomic E-state index is 10.7. The summed E-state index contributed by atoms with van der Waals surface area (Å²) >= 11 is 0. The predicted octanol–water partition coefficient (Wildman–Crippen LogP) is 0.000700. The largest absolute Gasteiger partial charge is 0.481 e. The Bertz CT molecular complexity index is 213. The van der Waals surface area contributed by atoms with Crippen molar-refractivity contribution in [3.05, 3.63) is 0 Å². The molecule has 3 fully saturated rings. The highest BCUT2D eigenvalue weighted by molar-refractivity contribution is 5.85. The second-order valence-electron chi connectivity index (χ2n) is 3.61. The zero-order valence-electron chi connectivity index (χ0n) is 6.58. The van der Waals surface area contributed by atoms with Crippen LogP contribution in [0.4, 0.5) is 0 Å². The lowest BCUT2D eigenvalue weighted by Crippen LogP contribution is -2.52. The fourth-order valence-corrected chi connectivity index (χ4v) is 2.09. The summed E-state index contributed by atoms with van der Waals surface area (Å²) in [6.45, 7) is 0.793. The van der Waals surface area contributed by atoms with E-state index in [2.05, 4.69) is 0 Å². The molecular formula is C7H12ClNO3. The van der Waals surface area contributed by atoms with Crippen molar-refractivity contribution in [2.45, 2.75) is 18.4 Å². The van der Waals surface area contributed by atoms with Gasteiger partial charge in [0.15, 0.2) is 0 Å². The standard InChI is InChI=1S/C7H11NO3.ClH/c8-3-7-1-6(2-7,4-11-7)5(9)10;/h1-4,8H2,(H,9,10);1H. The lowest BCUT2D eigenvalue weighted by atomic mass is 9.62. The van der Waals surface area contributed by atoms with Crippen molar-refractivity contribution in [1.29, 1.82) is 0 Å². The monoisotopic (exact) mass is 193 g/mol. The summed E-state index contributed by atoms with van der Waals surface area (Å²) < 4.78 is 5.32. The molecule has 2 heterocycles. The molecular weight excluding hydrogens is 182 g/mol. The van der Waals surface area contributed by atoms with E-state index in [4.69, 9.17) is 15.6 Å². The molecule has 1 saturated carbocycles. The molecule has 12 heavy (non-hydrogen) atoms. The highest BCUT2D eigenvalue weighted by atomic mass is 35.5. The summed E-state index contributed by atoms with van der Waals surface area (Å²) in [6.07, 6.45) is 1.21. The molecule has 0 atom stereocenters. The first-order chi connectivity index (χ1) is 5.13. The van der Waals surface area contributed by atoms with Gasteiger partial charge in [-0.25, -0.2) is 0 Å². The molecule has 3 rings (SSSR count). The van der Waals surface area contributed by atoms with E-state index >= 15 is 0 Å². The van der Waals surface area contributed by atoms with Gasteiger partial charge in [-0.3, -0.25) is 4.79 Å². The number of hydrogen-bond donors (Lipinski definition) is 2. The molecule has 1 aliphatic carbocycles. The first-order valence-corrected chi connectivity index (χ1v) is 3.70. The highest BCUT2D eigenvalue weighted by Crippen LogP contribution is 2.57. The number of aliphatic carboxylic acids is 1. The number of carboxylic acid groups (broad SMARTS) is 1. The number of fused-ring (bicyclic) bond motifs is 1. The fraction of sp³-hybridized carbons (Fsp3) is 0.857. The van der Waals surface area contributed by atoms with Gasteiger partial charge in [0.1, 0.15) is 0 Å². The number of hydrogen-bond acceptors (Lipinski definition) is 3. The normalized spacial score (nSPS) is 43.1. The second-order valence-corrected chi connectivity index (χ2v) is 3.61. The van der Waals surface area contributed by atoms with Gasteiger partial charge in [-0.15, -0.1) is 12.4 Å². The third-order valence-corrected chi connectivity index (χ3v) is 2.80. The van der Waals surface area contributed by atoms with Crippen molar-refractivity contribution in [1.82, 2.24) is 0 Å². The van der Waals surface area contributed by atoms with Crippen molar-refractivity contribution in [2.24, 2.45) is 11.1 Å². The maximum Gasteiger partial charge on any atom is 0.312 e. The molecule has 0 spiro atoms. The molecule has 2 aliphatic heterocycles. The van der Waals surface area contributed by atoms with E-state index in [1.807, 2.05) is 0 Å². The molecule has 2 bridgehead atoms. The topological polar surface area (TPSA) is 72.6 Å². The number of carboxylic acids is 1. The summed E-state index contributed by atoms with van der Waals surface area (Å²) in [4.78, 5) is 10.7. The lowest BCUT2D eigenvalue weighted by Gasteiger charge is -2.40. The molecule has 4 nitrogen and oxygen atoms in total. The maximum absolute atomic E-state index is 10.7. The van der Waals surface area contributed by atoms with E-state index in [0.717, 1.165) is 0 Å². The van der Waals surface area contributed by atoms with Gasteiger partial charge in [0, 0.05) is 6.54 Å². The van der Waals surface area contributed by atoms with E-state index in [-0.39, 0.29) is 18.0 Å². The first kappa shape index (κ1) is 9.77. The summed E-state index contributed by atoms with van der Waals surface area (Å²) in [5.41, 5.74) is 4.58. The van der Waals surface area contributed by atoms with Crippen LogP contribution < -0.4 is 5.73 Å². The zero-order valence-corrected chi connectivity index (χ0v) is 7.39. The predicted molar refractivity (Wildman–Crippen MR) is 44.3 cm³/mol. The first-order valence-electron chi connectivity index (χ1n) is 3.70. The fourth-order valence-electron chi connectivity index (χ4n) is 2.09. The van der Waals surface area contributed by atoms with Gasteiger partial charge < -0.3 is 15.6 Å². The van der Waals surface area contributed by atoms with Crippen molar-refractivity contribution >= 4 is 18.4 Å². The van der Waals surface area contributed by atoms with Gasteiger partial charge in [0.2, 0.25) is 0 Å². The molecule has 0 radical (unpaired) electrons. The van der Waals surface area contributed by atoms with Crippen LogP contribution in [0.2, 0.25) is 0 Å². The summed E-state index contributed by atoms with van der Waals surface area (Å²) in [7, 11) is 0. The minimum atomic E-state index is -0.737. The van der Waals surface area contributed by atoms with Crippen LogP contribution in [0.1, 0.15) is 12.8 Å². The molecule has 0 amide bonds. The number of carbonyl (C=O) groups is 1. The van der Waals surface area contributed by atoms with Crippen LogP contribution in [0.15, 0.2) is 0 Å². The van der Waals surface area contributed by atoms with Gasteiger partial charge in [-0.05, 0) is 12.8 Å². The van der Waals surface area contributed by atoms with Crippen molar-refractivity contribution in [2.75, 3.05) is 13.2 Å². The van der Waals surface area contributed by atoms with Crippen LogP contribution in [0, 0.1) is 5.41 Å². The Balaban J connectivity index is 0.000000720. The molecule has 0 aromatic heterocycles. The van der Waals surface area contributed by atoms with Gasteiger partial charge >= 0.3 is 5.97 Å². The Morgan fingerprint density at radius 1 is 1.58 bits per heavy atom. The lowest BCUT2D eigenvalue weighted by molar-refractivity contribution is -0.153. The minimum Gasteiger partial charge on any atom is -0.481 e. The van der Waals surface area contributed by atoms with Crippen molar-refractivity contribution in [3.8, 4) is 0 Å². The molecule has 3 aliphatic rings. The van der Waals surface area contributed by atoms with Crippen LogP contribution in [0.25, 0.3) is 0 Å². The molecule has 0 unspecified atom stereocenters. The highest BCUT2D eigenvalue weighted by Gasteiger charge is 2.65. The van der Waals surface area contributed by atoms with E-state index in [1.54, 1.807) is 0 Å². The second kappa shape index (κ2) is 2.58. The molecule has 3 N–H and O–H groups in total. The Morgan fingerprint density at radius 2 is 2.17 bits per heavy atom. The molecule has 70 valence electrons. The van der Waals surface area contributed by atoms with Gasteiger partial charge in [-0.2, -0.15) is 0 Å². The van der Waals surface area contributed by atoms with Crippen LogP contribution >= 0.6 is 12.4 Å². The molecule has 0 aromatic rings. The molecule has 5 heteroatoms. The van der Waals surface area contributed by atoms with Gasteiger partial charge in [-0.1, -0.05) is 0 Å². The van der Waals surface area contributed by atoms with E-state index in [9.17, 15) is 4.79 Å². The number of halogens is 1. The third kappa shape index (κ3) is 0.952. The molecule has 2 saturated heterocycles. The quantitative estimate of drug-likeness (QED) is 0.648. The van der Waals surface area contributed by atoms with Crippen LogP contribution in [0.3, 0.4) is 0 Å². The Kier molecular flexibility index (Phi) is 2.10. The summed E-state index contributed by atoms with van der Waals surface area (Å²) in [5.74, 6) is -0.737. The Labute approximate surface area is 76.5 Å². The SMILES string of the molecule is Cl.NCC12CC(C(=O)O)(CO1)C2. The van der Waals surface area contributed by atoms with E-state index < -0.39 is 11.4 Å². The van der Waals surface area contributed by atoms with Crippen molar-refractivity contribution in [3.63, 3.8) is 0 Å². The third-order valence-electron chi connectivity index (χ3n) is 2.80. The Hall–Kier alpha value is -0.320. The zero-order chi connectivity index (χ0) is 8.11. The average Bonchev–Trinajstić information content (AvgIpc) is 2.39. The van der Waals surface area contributed by atoms with Gasteiger partial charge in [0.05, 0.1) is 17.6 Å².